The molecule has 0 aliphatic rings. The van der Waals surface area contributed by atoms with E-state index in [1.165, 1.54) is 4.90 Å². The highest BCUT2D eigenvalue weighted by Gasteiger charge is 2.37. The van der Waals surface area contributed by atoms with E-state index < -0.39 is 11.5 Å². The van der Waals surface area contributed by atoms with Gasteiger partial charge in [-0.05, 0) is 40.0 Å². The highest BCUT2D eigenvalue weighted by molar-refractivity contribution is 5.85. The fourth-order valence-corrected chi connectivity index (χ4v) is 2.10. The fraction of sp³-hybridized carbons (Fsp3) is 0.867. The first-order valence-corrected chi connectivity index (χ1v) is 7.44. The van der Waals surface area contributed by atoms with E-state index >= 15 is 0 Å². The normalized spacial score (nSPS) is 13.2. The number of nitrogens with one attached hydrogen (secondary N) is 1. The van der Waals surface area contributed by atoms with E-state index in [1.54, 1.807) is 20.8 Å². The van der Waals surface area contributed by atoms with Crippen LogP contribution in [0.15, 0.2) is 0 Å². The summed E-state index contributed by atoms with van der Waals surface area (Å²) in [7, 11) is 0. The molecule has 0 saturated carbocycles. The van der Waals surface area contributed by atoms with Crippen molar-refractivity contribution in [2.75, 3.05) is 6.54 Å². The number of hydrogen-bond donors (Lipinski definition) is 2. The van der Waals surface area contributed by atoms with Gasteiger partial charge in [0.05, 0.1) is 0 Å². The van der Waals surface area contributed by atoms with Gasteiger partial charge < -0.3 is 15.3 Å². The third-order valence-corrected chi connectivity index (χ3v) is 3.55. The first-order chi connectivity index (χ1) is 9.12. The average Bonchev–Trinajstić information content (AvgIpc) is 2.28. The summed E-state index contributed by atoms with van der Waals surface area (Å²) in [6, 6.07) is -0.253. The molecule has 0 aromatic heterocycles. The number of likely N-dealkylation sites (N-methyl/N-ethyl adjacent to an activating group) is 1. The molecule has 0 radical (unpaired) electrons. The largest absolute Gasteiger partial charge is 0.480 e. The molecule has 0 aromatic rings. The molecule has 0 spiro atoms. The molecule has 118 valence electrons. The Balaban J connectivity index is 4.46. The molecule has 0 aliphatic carbocycles. The minimum absolute atomic E-state index is 0.0555. The predicted molar refractivity (Wildman–Crippen MR) is 80.8 cm³/mol. The summed E-state index contributed by atoms with van der Waals surface area (Å²) in [5.41, 5.74) is -1.20. The number of carbonyl (C=O) groups excluding carboxylic acids is 1. The van der Waals surface area contributed by atoms with Crippen LogP contribution in [-0.2, 0) is 4.79 Å². The van der Waals surface area contributed by atoms with E-state index in [0.29, 0.717) is 12.5 Å². The Morgan fingerprint density at radius 3 is 2.15 bits per heavy atom. The van der Waals surface area contributed by atoms with E-state index in [0.717, 1.165) is 19.3 Å². The van der Waals surface area contributed by atoms with Crippen molar-refractivity contribution in [2.24, 2.45) is 5.92 Å². The monoisotopic (exact) mass is 286 g/mol. The summed E-state index contributed by atoms with van der Waals surface area (Å²) >= 11 is 0. The van der Waals surface area contributed by atoms with Crippen LogP contribution in [0.3, 0.4) is 0 Å². The first kappa shape index (κ1) is 18.7. The van der Waals surface area contributed by atoms with Gasteiger partial charge in [-0.25, -0.2) is 9.59 Å². The molecule has 0 bridgehead atoms. The summed E-state index contributed by atoms with van der Waals surface area (Å²) in [5.74, 6) is -0.335. The Bertz CT molecular complexity index is 327. The number of hydrogen-bond acceptors (Lipinski definition) is 2. The zero-order valence-corrected chi connectivity index (χ0v) is 13.7. The van der Waals surface area contributed by atoms with E-state index in [-0.39, 0.29) is 12.1 Å². The number of carboxylic acids is 1. The second kappa shape index (κ2) is 8.12. The molecule has 0 heterocycles. The third kappa shape index (κ3) is 5.80. The van der Waals surface area contributed by atoms with Crippen LogP contribution in [-0.4, -0.2) is 40.1 Å². The van der Waals surface area contributed by atoms with Crippen LogP contribution >= 0.6 is 0 Å². The topological polar surface area (TPSA) is 69.6 Å². The summed E-state index contributed by atoms with van der Waals surface area (Å²) in [5, 5.41) is 12.1. The van der Waals surface area contributed by atoms with Gasteiger partial charge in [0.1, 0.15) is 5.54 Å². The maximum Gasteiger partial charge on any atom is 0.329 e. The van der Waals surface area contributed by atoms with Crippen LogP contribution in [0.4, 0.5) is 4.79 Å². The van der Waals surface area contributed by atoms with Gasteiger partial charge in [-0.3, -0.25) is 0 Å². The lowest BCUT2D eigenvalue weighted by atomic mass is 10.0. The van der Waals surface area contributed by atoms with Gasteiger partial charge in [-0.1, -0.05) is 26.7 Å². The van der Waals surface area contributed by atoms with Crippen molar-refractivity contribution in [1.82, 2.24) is 10.2 Å². The van der Waals surface area contributed by atoms with Gasteiger partial charge in [0.25, 0.3) is 0 Å². The Kier molecular flexibility index (Phi) is 7.61. The van der Waals surface area contributed by atoms with Crippen molar-refractivity contribution >= 4 is 12.0 Å². The second-order valence-corrected chi connectivity index (χ2v) is 6.28. The molecule has 5 nitrogen and oxygen atoms in total. The highest BCUT2D eigenvalue weighted by Crippen LogP contribution is 2.15. The van der Waals surface area contributed by atoms with Crippen molar-refractivity contribution in [2.45, 2.75) is 72.4 Å². The molecule has 5 heteroatoms. The highest BCUT2D eigenvalue weighted by atomic mass is 16.4. The Morgan fingerprint density at radius 1 is 1.20 bits per heavy atom. The molecule has 2 amide bonds. The van der Waals surface area contributed by atoms with E-state index in [4.69, 9.17) is 0 Å². The maximum absolute atomic E-state index is 12.2. The van der Waals surface area contributed by atoms with Gasteiger partial charge in [-0.15, -0.1) is 0 Å². The Morgan fingerprint density at radius 2 is 1.75 bits per heavy atom. The first-order valence-electron chi connectivity index (χ1n) is 7.44. The molecular formula is C15H30N2O3. The molecule has 0 saturated heterocycles. The molecule has 0 fully saturated rings. The zero-order chi connectivity index (χ0) is 15.9. The molecule has 1 atom stereocenters. The number of urea groups is 1. The number of rotatable bonds is 8. The molecule has 0 rings (SSSR count). The Labute approximate surface area is 122 Å². The minimum Gasteiger partial charge on any atom is -0.480 e. The molecule has 1 unspecified atom stereocenters. The van der Waals surface area contributed by atoms with Gasteiger partial charge in [0, 0.05) is 12.6 Å². The van der Waals surface area contributed by atoms with Gasteiger partial charge >= 0.3 is 12.0 Å². The molecular weight excluding hydrogens is 256 g/mol. The lowest BCUT2D eigenvalue weighted by Gasteiger charge is -2.35. The van der Waals surface area contributed by atoms with Crippen molar-refractivity contribution in [1.29, 1.82) is 0 Å². The lowest BCUT2D eigenvalue weighted by Crippen LogP contribution is -2.57. The van der Waals surface area contributed by atoms with E-state index in [1.807, 2.05) is 6.92 Å². The van der Waals surface area contributed by atoms with Crippen LogP contribution in [0.1, 0.15) is 60.8 Å². The van der Waals surface area contributed by atoms with Crippen LogP contribution in [0, 0.1) is 5.92 Å². The van der Waals surface area contributed by atoms with Crippen LogP contribution in [0.5, 0.6) is 0 Å². The van der Waals surface area contributed by atoms with Crippen LogP contribution in [0.2, 0.25) is 0 Å². The average molecular weight is 286 g/mol. The SMILES string of the molecule is CCN(C(=O)NC(C)CCCC(C)C)C(C)(C)C(=O)O. The van der Waals surface area contributed by atoms with Crippen molar-refractivity contribution in [3.8, 4) is 0 Å². The van der Waals surface area contributed by atoms with E-state index in [2.05, 4.69) is 19.2 Å². The van der Waals surface area contributed by atoms with Crippen molar-refractivity contribution in [3.05, 3.63) is 0 Å². The summed E-state index contributed by atoms with van der Waals surface area (Å²) in [6.45, 7) is 11.6. The number of nitrogens with zero attached hydrogens (tertiary/aromatic N) is 1. The summed E-state index contributed by atoms with van der Waals surface area (Å²) in [6.07, 6.45) is 3.11. The standard InChI is InChI=1S/C15H30N2O3/c1-7-17(15(5,6)13(18)19)14(20)16-12(4)10-8-9-11(2)3/h11-12H,7-10H2,1-6H3,(H,16,20)(H,18,19). The van der Waals surface area contributed by atoms with E-state index in [9.17, 15) is 14.7 Å². The van der Waals surface area contributed by atoms with Gasteiger partial charge in [0.2, 0.25) is 0 Å². The third-order valence-electron chi connectivity index (χ3n) is 3.55. The number of carboxylic acid groups (broad SMARTS) is 1. The number of carbonyl (C=O) groups is 2. The molecule has 0 aromatic carbocycles. The quantitative estimate of drug-likeness (QED) is 0.720. The van der Waals surface area contributed by atoms with Crippen molar-refractivity contribution < 1.29 is 14.7 Å². The van der Waals surface area contributed by atoms with Gasteiger partial charge in [-0.2, -0.15) is 0 Å². The fourth-order valence-electron chi connectivity index (χ4n) is 2.10. The van der Waals surface area contributed by atoms with Crippen LogP contribution < -0.4 is 5.32 Å². The predicted octanol–water partition coefficient (Wildman–Crippen LogP) is 3.10. The number of amides is 2. The molecule has 0 aliphatic heterocycles. The van der Waals surface area contributed by atoms with Crippen LogP contribution in [0.25, 0.3) is 0 Å². The lowest BCUT2D eigenvalue weighted by molar-refractivity contribution is -0.147. The molecule has 20 heavy (non-hydrogen) atoms. The summed E-state index contributed by atoms with van der Waals surface area (Å²) in [4.78, 5) is 24.8. The number of aliphatic carboxylic acids is 1. The maximum atomic E-state index is 12.2. The second-order valence-electron chi connectivity index (χ2n) is 6.28. The smallest absolute Gasteiger partial charge is 0.329 e. The molecule has 2 N–H and O–H groups in total. The minimum atomic E-state index is -1.20. The Hall–Kier alpha value is -1.26. The zero-order valence-electron chi connectivity index (χ0n) is 13.7. The summed E-state index contributed by atoms with van der Waals surface area (Å²) < 4.78 is 0. The van der Waals surface area contributed by atoms with Gasteiger partial charge in [0.15, 0.2) is 0 Å². The van der Waals surface area contributed by atoms with Crippen molar-refractivity contribution in [3.63, 3.8) is 0 Å².